The van der Waals surface area contributed by atoms with Crippen LogP contribution < -0.4 is 11.1 Å². The van der Waals surface area contributed by atoms with Gasteiger partial charge < -0.3 is 11.1 Å². The van der Waals surface area contributed by atoms with Gasteiger partial charge in [-0.25, -0.2) is 0 Å². The Bertz CT molecular complexity index is 438. The van der Waals surface area contributed by atoms with E-state index in [1.807, 2.05) is 24.3 Å². The van der Waals surface area contributed by atoms with Crippen LogP contribution in [0.25, 0.3) is 0 Å². The summed E-state index contributed by atoms with van der Waals surface area (Å²) in [5, 5.41) is 2.95. The Morgan fingerprint density at radius 3 is 3.11 bits per heavy atom. The third-order valence-electron chi connectivity index (χ3n) is 3.41. The lowest BCUT2D eigenvalue weighted by molar-refractivity contribution is -0.117. The molecule has 0 aromatic heterocycles. The van der Waals surface area contributed by atoms with Crippen LogP contribution in [0, 0.1) is 9.49 Å². The minimum Gasteiger partial charge on any atom is -0.330 e. The molecule has 1 fully saturated rings. The summed E-state index contributed by atoms with van der Waals surface area (Å²) in [6.07, 6.45) is 2.32. The van der Waals surface area contributed by atoms with E-state index < -0.39 is 0 Å². The Morgan fingerprint density at radius 2 is 2.37 bits per heavy atom. The Kier molecular flexibility index (Phi) is 5.59. The third-order valence-corrected chi connectivity index (χ3v) is 4.08. The summed E-state index contributed by atoms with van der Waals surface area (Å²) >= 11 is 2.24. The second-order valence-electron chi connectivity index (χ2n) is 5.04. The molecule has 0 aliphatic carbocycles. The van der Waals surface area contributed by atoms with Crippen molar-refractivity contribution in [1.82, 2.24) is 4.90 Å². The number of halogens is 1. The molecule has 1 atom stereocenters. The monoisotopic (exact) mass is 373 g/mol. The number of carbonyl (C=O) groups is 1. The number of nitrogens with two attached hydrogens (primary N) is 1. The van der Waals surface area contributed by atoms with Gasteiger partial charge in [0.2, 0.25) is 5.91 Å². The first-order valence-corrected chi connectivity index (χ1v) is 7.73. The molecular weight excluding hydrogens is 353 g/mol. The zero-order valence-electron chi connectivity index (χ0n) is 10.9. The number of hydrogen-bond donors (Lipinski definition) is 2. The zero-order chi connectivity index (χ0) is 13.7. The number of carbonyl (C=O) groups excluding carboxylic acids is 1. The van der Waals surface area contributed by atoms with Crippen molar-refractivity contribution < 1.29 is 4.79 Å². The van der Waals surface area contributed by atoms with Crippen LogP contribution in [0.1, 0.15) is 12.8 Å². The second kappa shape index (κ2) is 7.21. The molecule has 1 aromatic carbocycles. The quantitative estimate of drug-likeness (QED) is 0.793. The number of nitrogens with one attached hydrogen (secondary N) is 1. The summed E-state index contributed by atoms with van der Waals surface area (Å²) in [5.41, 5.74) is 6.57. The largest absolute Gasteiger partial charge is 0.330 e. The molecule has 5 heteroatoms. The van der Waals surface area contributed by atoms with Crippen molar-refractivity contribution in [3.05, 3.63) is 27.8 Å². The Labute approximate surface area is 127 Å². The second-order valence-corrected chi connectivity index (χ2v) is 6.28. The van der Waals surface area contributed by atoms with Crippen LogP contribution in [0.4, 0.5) is 5.69 Å². The van der Waals surface area contributed by atoms with E-state index in [2.05, 4.69) is 32.8 Å². The fraction of sp³-hybridized carbons (Fsp3) is 0.500. The molecule has 1 aliphatic heterocycles. The molecule has 19 heavy (non-hydrogen) atoms. The highest BCUT2D eigenvalue weighted by atomic mass is 127. The average Bonchev–Trinajstić information content (AvgIpc) is 2.38. The number of nitrogens with zero attached hydrogens (tertiary/aromatic N) is 1. The highest BCUT2D eigenvalue weighted by molar-refractivity contribution is 14.1. The lowest BCUT2D eigenvalue weighted by Gasteiger charge is -2.31. The molecule has 1 aliphatic rings. The molecule has 2 rings (SSSR count). The van der Waals surface area contributed by atoms with Gasteiger partial charge in [-0.2, -0.15) is 0 Å². The molecule has 1 saturated heterocycles. The number of anilines is 1. The number of benzene rings is 1. The number of rotatable bonds is 4. The maximum Gasteiger partial charge on any atom is 0.238 e. The van der Waals surface area contributed by atoms with E-state index in [-0.39, 0.29) is 5.91 Å². The first kappa shape index (κ1) is 14.7. The highest BCUT2D eigenvalue weighted by Gasteiger charge is 2.20. The molecular formula is C14H20IN3O. The smallest absolute Gasteiger partial charge is 0.238 e. The molecule has 1 unspecified atom stereocenters. The average molecular weight is 373 g/mol. The minimum absolute atomic E-state index is 0.0553. The van der Waals surface area contributed by atoms with Crippen LogP contribution in [0.2, 0.25) is 0 Å². The fourth-order valence-corrected chi connectivity index (χ4v) is 3.00. The standard InChI is InChI=1S/C14H20IN3O/c15-12-4-1-5-13(7-12)17-14(19)10-18-6-2-3-11(8-16)9-18/h1,4-5,7,11H,2-3,6,8-10,16H2,(H,17,19). The molecule has 0 spiro atoms. The predicted octanol–water partition coefficient (Wildman–Crippen LogP) is 1.90. The van der Waals surface area contributed by atoms with Crippen molar-refractivity contribution in [2.45, 2.75) is 12.8 Å². The van der Waals surface area contributed by atoms with Gasteiger partial charge in [0.1, 0.15) is 0 Å². The molecule has 3 N–H and O–H groups in total. The Hall–Kier alpha value is -0.660. The molecule has 0 saturated carbocycles. The van der Waals surface area contributed by atoms with Gasteiger partial charge in [-0.05, 0) is 72.6 Å². The summed E-state index contributed by atoms with van der Waals surface area (Å²) in [5.74, 6) is 0.596. The lowest BCUT2D eigenvalue weighted by Crippen LogP contribution is -2.42. The first-order valence-electron chi connectivity index (χ1n) is 6.65. The van der Waals surface area contributed by atoms with Crippen LogP contribution in [0.3, 0.4) is 0 Å². The van der Waals surface area contributed by atoms with E-state index >= 15 is 0 Å². The lowest BCUT2D eigenvalue weighted by atomic mass is 9.98. The van der Waals surface area contributed by atoms with Crippen LogP contribution in [-0.4, -0.2) is 37.0 Å². The van der Waals surface area contributed by atoms with Crippen LogP contribution >= 0.6 is 22.6 Å². The summed E-state index contributed by atoms with van der Waals surface area (Å²) in [4.78, 5) is 14.2. The van der Waals surface area contributed by atoms with Crippen molar-refractivity contribution >= 4 is 34.2 Å². The summed E-state index contributed by atoms with van der Waals surface area (Å²) in [6.45, 7) is 3.11. The topological polar surface area (TPSA) is 58.4 Å². The van der Waals surface area contributed by atoms with E-state index in [9.17, 15) is 4.79 Å². The van der Waals surface area contributed by atoms with Crippen molar-refractivity contribution in [2.75, 3.05) is 31.5 Å². The van der Waals surface area contributed by atoms with Gasteiger partial charge in [-0.1, -0.05) is 6.07 Å². The molecule has 104 valence electrons. The van der Waals surface area contributed by atoms with E-state index in [1.165, 1.54) is 6.42 Å². The predicted molar refractivity (Wildman–Crippen MR) is 86.0 cm³/mol. The Morgan fingerprint density at radius 1 is 1.53 bits per heavy atom. The maximum atomic E-state index is 12.0. The van der Waals surface area contributed by atoms with Gasteiger partial charge in [0.25, 0.3) is 0 Å². The van der Waals surface area contributed by atoms with Crippen molar-refractivity contribution in [2.24, 2.45) is 11.7 Å². The third kappa shape index (κ3) is 4.74. The summed E-state index contributed by atoms with van der Waals surface area (Å²) in [7, 11) is 0. The van der Waals surface area contributed by atoms with Gasteiger partial charge in [-0.15, -0.1) is 0 Å². The van der Waals surface area contributed by atoms with Crippen molar-refractivity contribution in [3.63, 3.8) is 0 Å². The van der Waals surface area contributed by atoms with Gasteiger partial charge in [0.05, 0.1) is 6.54 Å². The van der Waals surface area contributed by atoms with Crippen LogP contribution in [0.5, 0.6) is 0 Å². The molecule has 1 amide bonds. The Balaban J connectivity index is 1.84. The first-order chi connectivity index (χ1) is 9.17. The normalized spacial score (nSPS) is 20.2. The van der Waals surface area contributed by atoms with Gasteiger partial charge in [0, 0.05) is 15.8 Å². The molecule has 4 nitrogen and oxygen atoms in total. The minimum atomic E-state index is 0.0553. The molecule has 1 aromatic rings. The molecule has 0 radical (unpaired) electrons. The maximum absolute atomic E-state index is 12.0. The SMILES string of the molecule is NCC1CCCN(CC(=O)Nc2cccc(I)c2)C1. The van der Waals surface area contributed by atoms with Crippen LogP contribution in [-0.2, 0) is 4.79 Å². The fourth-order valence-electron chi connectivity index (χ4n) is 2.46. The number of likely N-dealkylation sites (tertiary alicyclic amines) is 1. The molecule has 0 bridgehead atoms. The number of piperidine rings is 1. The van der Waals surface area contributed by atoms with E-state index in [0.29, 0.717) is 12.5 Å². The van der Waals surface area contributed by atoms with Crippen LogP contribution in [0.15, 0.2) is 24.3 Å². The number of amides is 1. The van der Waals surface area contributed by atoms with Gasteiger partial charge >= 0.3 is 0 Å². The van der Waals surface area contributed by atoms with Gasteiger partial charge in [-0.3, -0.25) is 9.69 Å². The van der Waals surface area contributed by atoms with E-state index in [1.54, 1.807) is 0 Å². The van der Waals surface area contributed by atoms with Crippen molar-refractivity contribution in [1.29, 1.82) is 0 Å². The van der Waals surface area contributed by atoms with Crippen molar-refractivity contribution in [3.8, 4) is 0 Å². The highest BCUT2D eigenvalue weighted by Crippen LogP contribution is 2.16. The number of hydrogen-bond acceptors (Lipinski definition) is 3. The zero-order valence-corrected chi connectivity index (χ0v) is 13.1. The summed E-state index contributed by atoms with van der Waals surface area (Å²) < 4.78 is 1.12. The van der Waals surface area contributed by atoms with E-state index in [0.717, 1.165) is 35.3 Å². The molecule has 1 heterocycles. The summed E-state index contributed by atoms with van der Waals surface area (Å²) in [6, 6.07) is 7.84. The van der Waals surface area contributed by atoms with Gasteiger partial charge in [0.15, 0.2) is 0 Å². The van der Waals surface area contributed by atoms with E-state index in [4.69, 9.17) is 5.73 Å².